The number of aryl methyl sites for hydroxylation is 1. The molecule has 0 saturated carbocycles. The molecule has 1 aliphatic carbocycles. The molecule has 0 aromatic heterocycles. The number of carbonyl (C=O) groups is 2. The molecule has 31 heavy (non-hydrogen) atoms. The van der Waals surface area contributed by atoms with Gasteiger partial charge in [-0.25, -0.2) is 9.80 Å². The Labute approximate surface area is 180 Å². The first kappa shape index (κ1) is 21.2. The van der Waals surface area contributed by atoms with Gasteiger partial charge in [-0.2, -0.15) is 18.3 Å². The van der Waals surface area contributed by atoms with Crippen molar-refractivity contribution in [2.75, 3.05) is 19.0 Å². The van der Waals surface area contributed by atoms with Crippen molar-refractivity contribution in [1.82, 2.24) is 5.01 Å². The van der Waals surface area contributed by atoms with Crippen LogP contribution in [0.2, 0.25) is 5.02 Å². The summed E-state index contributed by atoms with van der Waals surface area (Å²) in [6, 6.07) is 8.63. The van der Waals surface area contributed by atoms with Gasteiger partial charge in [0.05, 0.1) is 24.9 Å². The highest BCUT2D eigenvalue weighted by molar-refractivity contribution is 6.31. The molecular weight excluding hydrogens is 435 g/mol. The van der Waals surface area contributed by atoms with E-state index in [1.807, 2.05) is 0 Å². The number of ether oxygens (including phenoxy) is 1. The fourth-order valence-corrected chi connectivity index (χ4v) is 4.14. The van der Waals surface area contributed by atoms with E-state index in [0.717, 1.165) is 34.8 Å². The zero-order valence-electron chi connectivity index (χ0n) is 16.3. The van der Waals surface area contributed by atoms with E-state index in [9.17, 15) is 22.8 Å². The summed E-state index contributed by atoms with van der Waals surface area (Å²) in [7, 11) is 1.27. The predicted octanol–water partition coefficient (Wildman–Crippen LogP) is 4.72. The molecule has 2 aliphatic rings. The van der Waals surface area contributed by atoms with Crippen LogP contribution in [0, 0.1) is 5.41 Å². The number of fused-ring (bicyclic) bond motifs is 3. The molecule has 0 bridgehead atoms. The Hall–Kier alpha value is -3.07. The zero-order valence-corrected chi connectivity index (χ0v) is 17.0. The molecule has 2 aromatic carbocycles. The van der Waals surface area contributed by atoms with Gasteiger partial charge in [-0.1, -0.05) is 17.7 Å². The molecule has 1 heterocycles. The zero-order chi connectivity index (χ0) is 22.4. The number of nitrogens with zero attached hydrogens (tertiary/aromatic N) is 2. The number of esters is 1. The molecule has 2 amide bonds. The normalized spacial score (nSPS) is 19.9. The highest BCUT2D eigenvalue weighted by Crippen LogP contribution is 2.42. The number of rotatable bonds is 2. The molecule has 0 fully saturated rings. The van der Waals surface area contributed by atoms with Crippen LogP contribution in [0.4, 0.5) is 23.7 Å². The van der Waals surface area contributed by atoms with Gasteiger partial charge in [0.15, 0.2) is 0 Å². The lowest BCUT2D eigenvalue weighted by atomic mass is 9.70. The van der Waals surface area contributed by atoms with Crippen molar-refractivity contribution in [3.05, 3.63) is 64.2 Å². The lowest BCUT2D eigenvalue weighted by molar-refractivity contribution is -0.149. The average molecular weight is 452 g/mol. The number of nitrogens with one attached hydrogen (secondary N) is 1. The fourth-order valence-electron chi connectivity index (χ4n) is 3.95. The Bertz CT molecular complexity index is 1090. The topological polar surface area (TPSA) is 71.0 Å². The molecule has 1 unspecified atom stereocenters. The van der Waals surface area contributed by atoms with Gasteiger partial charge in [0.1, 0.15) is 5.41 Å². The summed E-state index contributed by atoms with van der Waals surface area (Å²) in [6.45, 7) is -0.0382. The molecule has 0 saturated heterocycles. The van der Waals surface area contributed by atoms with Crippen molar-refractivity contribution in [1.29, 1.82) is 0 Å². The van der Waals surface area contributed by atoms with E-state index in [4.69, 9.17) is 16.3 Å². The SMILES string of the molecule is COC(=O)C12CCc3cc(Cl)ccc3C1=NN(C(=O)Nc1ccc(C(F)(F)F)cc1)C2. The minimum absolute atomic E-state index is 0.0382. The van der Waals surface area contributed by atoms with Crippen LogP contribution in [-0.4, -0.2) is 36.4 Å². The summed E-state index contributed by atoms with van der Waals surface area (Å²) in [5.41, 5.74) is 0.277. The monoisotopic (exact) mass is 451 g/mol. The second kappa shape index (κ2) is 7.56. The second-order valence-corrected chi connectivity index (χ2v) is 7.82. The number of carbonyl (C=O) groups excluding carboxylic acids is 2. The average Bonchev–Trinajstić information content (AvgIpc) is 3.14. The molecule has 10 heteroatoms. The molecule has 1 aliphatic heterocycles. The van der Waals surface area contributed by atoms with E-state index in [1.165, 1.54) is 7.11 Å². The summed E-state index contributed by atoms with van der Waals surface area (Å²) in [4.78, 5) is 25.5. The standard InChI is InChI=1S/C21H17ClF3N3O3/c1-31-18(29)20-9-8-12-10-14(22)4-7-16(12)17(20)27-28(11-20)19(30)26-15-5-2-13(3-6-15)21(23,24)25/h2-7,10H,8-9,11H2,1H3,(H,26,30). The molecule has 0 spiro atoms. The third-order valence-corrected chi connectivity index (χ3v) is 5.75. The molecule has 1 atom stereocenters. The Balaban J connectivity index is 1.62. The largest absolute Gasteiger partial charge is 0.468 e. The van der Waals surface area contributed by atoms with E-state index in [2.05, 4.69) is 10.4 Å². The Morgan fingerprint density at radius 3 is 2.55 bits per heavy atom. The molecule has 1 N–H and O–H groups in total. The fraction of sp³-hybridized carbons (Fsp3) is 0.286. The molecule has 2 aromatic rings. The maximum Gasteiger partial charge on any atom is 0.416 e. The molecular formula is C21H17ClF3N3O3. The van der Waals surface area contributed by atoms with Crippen molar-refractivity contribution in [2.45, 2.75) is 19.0 Å². The van der Waals surface area contributed by atoms with Crippen LogP contribution in [0.5, 0.6) is 0 Å². The van der Waals surface area contributed by atoms with E-state index in [1.54, 1.807) is 18.2 Å². The number of hydrogen-bond donors (Lipinski definition) is 1. The van der Waals surface area contributed by atoms with Gasteiger partial charge in [-0.3, -0.25) is 4.79 Å². The van der Waals surface area contributed by atoms with Gasteiger partial charge >= 0.3 is 18.2 Å². The first-order chi connectivity index (χ1) is 14.6. The maximum atomic E-state index is 12.8. The minimum atomic E-state index is -4.47. The maximum absolute atomic E-state index is 12.8. The number of anilines is 1. The number of amides is 2. The summed E-state index contributed by atoms with van der Waals surface area (Å²) < 4.78 is 43.2. The Kier molecular flexibility index (Phi) is 5.17. The van der Waals surface area contributed by atoms with Crippen molar-refractivity contribution < 1.29 is 27.5 Å². The smallest absolute Gasteiger partial charge is 0.416 e. The van der Waals surface area contributed by atoms with Gasteiger partial charge in [0.2, 0.25) is 0 Å². The first-order valence-corrected chi connectivity index (χ1v) is 9.74. The number of methoxy groups -OCH3 is 1. The molecule has 162 valence electrons. The number of hydrazone groups is 1. The van der Waals surface area contributed by atoms with Crippen molar-refractivity contribution in [3.8, 4) is 0 Å². The highest BCUT2D eigenvalue weighted by atomic mass is 35.5. The first-order valence-electron chi connectivity index (χ1n) is 9.36. The second-order valence-electron chi connectivity index (χ2n) is 7.39. The Morgan fingerprint density at radius 1 is 1.19 bits per heavy atom. The van der Waals surface area contributed by atoms with Crippen LogP contribution in [0.1, 0.15) is 23.1 Å². The predicted molar refractivity (Wildman–Crippen MR) is 108 cm³/mol. The quantitative estimate of drug-likeness (QED) is 0.672. The van der Waals surface area contributed by atoms with Crippen molar-refractivity contribution in [3.63, 3.8) is 0 Å². The number of hydrogen-bond acceptors (Lipinski definition) is 4. The number of benzene rings is 2. The minimum Gasteiger partial charge on any atom is -0.468 e. The van der Waals surface area contributed by atoms with Gasteiger partial charge in [-0.15, -0.1) is 0 Å². The van der Waals surface area contributed by atoms with Crippen LogP contribution in [0.3, 0.4) is 0 Å². The van der Waals surface area contributed by atoms with Crippen LogP contribution in [0.25, 0.3) is 0 Å². The van der Waals surface area contributed by atoms with Gasteiger partial charge < -0.3 is 10.1 Å². The van der Waals surface area contributed by atoms with Crippen LogP contribution < -0.4 is 5.32 Å². The summed E-state index contributed by atoms with van der Waals surface area (Å²) in [5, 5.41) is 8.57. The summed E-state index contributed by atoms with van der Waals surface area (Å²) >= 11 is 6.08. The summed E-state index contributed by atoms with van der Waals surface area (Å²) in [6.07, 6.45) is -3.53. The lowest BCUT2D eigenvalue weighted by Gasteiger charge is -2.32. The van der Waals surface area contributed by atoms with Gasteiger partial charge in [-0.05, 0) is 54.8 Å². The number of urea groups is 1. The van der Waals surface area contributed by atoms with Crippen LogP contribution >= 0.6 is 11.6 Å². The number of alkyl halides is 3. The van der Waals surface area contributed by atoms with E-state index in [0.29, 0.717) is 29.1 Å². The van der Waals surface area contributed by atoms with Crippen molar-refractivity contribution in [2.24, 2.45) is 10.5 Å². The third kappa shape index (κ3) is 3.74. The molecule has 4 rings (SSSR count). The lowest BCUT2D eigenvalue weighted by Crippen LogP contribution is -2.46. The summed E-state index contributed by atoms with van der Waals surface area (Å²) in [5.74, 6) is -0.503. The van der Waals surface area contributed by atoms with Gasteiger partial charge in [0.25, 0.3) is 0 Å². The molecule has 0 radical (unpaired) electrons. The highest BCUT2D eigenvalue weighted by Gasteiger charge is 2.54. The van der Waals surface area contributed by atoms with Gasteiger partial charge in [0, 0.05) is 16.3 Å². The Morgan fingerprint density at radius 2 is 1.90 bits per heavy atom. The third-order valence-electron chi connectivity index (χ3n) is 5.51. The van der Waals surface area contributed by atoms with E-state index < -0.39 is 29.2 Å². The van der Waals surface area contributed by atoms with Crippen LogP contribution in [-0.2, 0) is 22.1 Å². The van der Waals surface area contributed by atoms with E-state index >= 15 is 0 Å². The number of halogens is 4. The van der Waals surface area contributed by atoms with E-state index in [-0.39, 0.29) is 12.2 Å². The molecule has 6 nitrogen and oxygen atoms in total. The van der Waals surface area contributed by atoms with Crippen LogP contribution in [0.15, 0.2) is 47.6 Å². The van der Waals surface area contributed by atoms with Crippen molar-refractivity contribution >= 4 is 35.0 Å².